The highest BCUT2D eigenvalue weighted by atomic mass is 19.1. The summed E-state index contributed by atoms with van der Waals surface area (Å²) in [6, 6.07) is 4.29. The summed E-state index contributed by atoms with van der Waals surface area (Å²) in [5, 5.41) is 0. The number of ketones is 1. The number of benzene rings is 1. The fraction of sp³-hybridized carbons (Fsp3) is 0.357. The first-order valence-corrected chi connectivity index (χ1v) is 6.02. The van der Waals surface area contributed by atoms with Crippen molar-refractivity contribution in [3.05, 3.63) is 35.6 Å². The zero-order chi connectivity index (χ0) is 15.0. The molecule has 0 spiro atoms. The van der Waals surface area contributed by atoms with E-state index in [2.05, 4.69) is 9.73 Å². The van der Waals surface area contributed by atoms with Crippen LogP contribution in [-0.4, -0.2) is 31.0 Å². The van der Waals surface area contributed by atoms with Crippen molar-refractivity contribution in [1.29, 1.82) is 0 Å². The Morgan fingerprint density at radius 1 is 1.35 bits per heavy atom. The second kappa shape index (κ2) is 7.96. The minimum atomic E-state index is -0.932. The summed E-state index contributed by atoms with van der Waals surface area (Å²) in [5.74, 6) is -1.21. The molecule has 0 heterocycles. The second-order valence-corrected chi connectivity index (χ2v) is 4.08. The van der Waals surface area contributed by atoms with Gasteiger partial charge in [-0.25, -0.2) is 14.0 Å². The number of halogens is 1. The van der Waals surface area contributed by atoms with Crippen molar-refractivity contribution >= 4 is 17.8 Å². The zero-order valence-electron chi connectivity index (χ0n) is 11.0. The number of Topliss-reactive ketones (excluding diaryl/α,β-unsaturated/α-hetero) is 1. The fourth-order valence-corrected chi connectivity index (χ4v) is 1.67. The van der Waals surface area contributed by atoms with Gasteiger partial charge in [0, 0.05) is 12.0 Å². The smallest absolute Gasteiger partial charge is 0.331 e. The molecule has 5 nitrogen and oxygen atoms in total. The number of nitrogens with zero attached hydrogens (tertiary/aromatic N) is 1. The monoisotopic (exact) mass is 279 g/mol. The lowest BCUT2D eigenvalue weighted by Crippen LogP contribution is -2.20. The van der Waals surface area contributed by atoms with E-state index in [0.717, 1.165) is 0 Å². The summed E-state index contributed by atoms with van der Waals surface area (Å²) < 4.78 is 17.2. The van der Waals surface area contributed by atoms with Crippen LogP contribution >= 0.6 is 0 Å². The summed E-state index contributed by atoms with van der Waals surface area (Å²) >= 11 is 0. The highest BCUT2D eigenvalue weighted by molar-refractivity contribution is 5.96. The summed E-state index contributed by atoms with van der Waals surface area (Å²) in [6.07, 6.45) is 2.06. The van der Waals surface area contributed by atoms with E-state index in [9.17, 15) is 18.8 Å². The van der Waals surface area contributed by atoms with E-state index in [4.69, 9.17) is 0 Å². The molecule has 1 aromatic rings. The number of carbonyl (C=O) groups is 2. The van der Waals surface area contributed by atoms with E-state index in [1.807, 2.05) is 0 Å². The number of isocyanates is 1. The van der Waals surface area contributed by atoms with Crippen molar-refractivity contribution in [3.8, 4) is 0 Å². The molecule has 0 bridgehead atoms. The van der Waals surface area contributed by atoms with Gasteiger partial charge in [0.25, 0.3) is 0 Å². The number of hydrogen-bond donors (Lipinski definition) is 0. The maximum absolute atomic E-state index is 12.7. The van der Waals surface area contributed by atoms with E-state index in [1.165, 1.54) is 37.5 Å². The Labute approximate surface area is 115 Å². The lowest BCUT2D eigenvalue weighted by atomic mass is 10.0. The normalized spacial score (nSPS) is 11.3. The van der Waals surface area contributed by atoms with E-state index in [-0.39, 0.29) is 18.6 Å². The van der Waals surface area contributed by atoms with Gasteiger partial charge in [-0.05, 0) is 37.1 Å². The molecule has 0 fully saturated rings. The van der Waals surface area contributed by atoms with Crippen LogP contribution in [0.25, 0.3) is 0 Å². The number of carbonyl (C=O) groups excluding carboxylic acids is 3. The number of ether oxygens (including phenoxy) is 1. The van der Waals surface area contributed by atoms with E-state index < -0.39 is 17.8 Å². The van der Waals surface area contributed by atoms with E-state index in [1.54, 1.807) is 0 Å². The first kappa shape index (κ1) is 15.7. The maximum atomic E-state index is 12.7. The molecule has 1 atom stereocenters. The molecular formula is C14H14FNO4. The number of aliphatic imine (C=N–C) groups is 1. The van der Waals surface area contributed by atoms with Gasteiger partial charge in [0.1, 0.15) is 5.82 Å². The minimum absolute atomic E-state index is 0.163. The average Bonchev–Trinajstić information content (AvgIpc) is 2.46. The number of rotatable bonds is 7. The Bertz CT molecular complexity index is 520. The Hall–Kier alpha value is -2.33. The van der Waals surface area contributed by atoms with Crippen LogP contribution in [0.1, 0.15) is 29.6 Å². The average molecular weight is 279 g/mol. The van der Waals surface area contributed by atoms with E-state index in [0.29, 0.717) is 12.0 Å². The Balaban J connectivity index is 2.50. The first-order valence-electron chi connectivity index (χ1n) is 6.02. The number of methoxy groups -OCH3 is 1. The Kier molecular flexibility index (Phi) is 6.26. The lowest BCUT2D eigenvalue weighted by molar-refractivity contribution is -0.142. The Morgan fingerprint density at radius 2 is 2.00 bits per heavy atom. The molecule has 1 aromatic carbocycles. The minimum Gasteiger partial charge on any atom is -0.467 e. The molecule has 1 rings (SSSR count). The number of esters is 1. The topological polar surface area (TPSA) is 72.8 Å². The largest absolute Gasteiger partial charge is 0.467 e. The molecule has 0 radical (unpaired) electrons. The summed E-state index contributed by atoms with van der Waals surface area (Å²) in [6.45, 7) is 0. The molecule has 0 aliphatic rings. The van der Waals surface area contributed by atoms with Gasteiger partial charge >= 0.3 is 5.97 Å². The molecule has 1 unspecified atom stereocenters. The van der Waals surface area contributed by atoms with Gasteiger partial charge in [-0.1, -0.05) is 0 Å². The highest BCUT2D eigenvalue weighted by Gasteiger charge is 2.18. The molecule has 0 aliphatic heterocycles. The molecule has 0 N–H and O–H groups in total. The molecule has 20 heavy (non-hydrogen) atoms. The SMILES string of the molecule is COC(=O)C(CCCC(=O)c1ccc(F)cc1)N=C=O. The van der Waals surface area contributed by atoms with Crippen LogP contribution in [0.4, 0.5) is 4.39 Å². The molecule has 0 amide bonds. The zero-order valence-corrected chi connectivity index (χ0v) is 11.0. The number of hydrogen-bond acceptors (Lipinski definition) is 5. The molecule has 0 saturated carbocycles. The van der Waals surface area contributed by atoms with Gasteiger partial charge in [-0.2, -0.15) is 4.99 Å². The van der Waals surface area contributed by atoms with Crippen LogP contribution in [0, 0.1) is 5.82 Å². The summed E-state index contributed by atoms with van der Waals surface area (Å²) in [5.41, 5.74) is 0.403. The molecular weight excluding hydrogens is 265 g/mol. The van der Waals surface area contributed by atoms with Crippen molar-refractivity contribution in [3.63, 3.8) is 0 Å². The van der Waals surface area contributed by atoms with Crippen LogP contribution in [0.2, 0.25) is 0 Å². The summed E-state index contributed by atoms with van der Waals surface area (Å²) in [4.78, 5) is 36.6. The van der Waals surface area contributed by atoms with Crippen molar-refractivity contribution in [2.24, 2.45) is 4.99 Å². The lowest BCUT2D eigenvalue weighted by Gasteiger charge is -2.07. The van der Waals surface area contributed by atoms with Crippen molar-refractivity contribution in [2.75, 3.05) is 7.11 Å². The Morgan fingerprint density at radius 3 is 2.55 bits per heavy atom. The van der Waals surface area contributed by atoms with Crippen molar-refractivity contribution in [1.82, 2.24) is 0 Å². The quantitative estimate of drug-likeness (QED) is 0.331. The van der Waals surface area contributed by atoms with Crippen LogP contribution in [0.15, 0.2) is 29.3 Å². The van der Waals surface area contributed by atoms with Gasteiger partial charge in [0.15, 0.2) is 11.8 Å². The fourth-order valence-electron chi connectivity index (χ4n) is 1.67. The predicted octanol–water partition coefficient (Wildman–Crippen LogP) is 2.06. The van der Waals surface area contributed by atoms with Crippen LogP contribution < -0.4 is 0 Å². The third-order valence-corrected chi connectivity index (χ3v) is 2.73. The van der Waals surface area contributed by atoms with Crippen molar-refractivity contribution in [2.45, 2.75) is 25.3 Å². The van der Waals surface area contributed by atoms with Crippen LogP contribution in [-0.2, 0) is 14.3 Å². The predicted molar refractivity (Wildman–Crippen MR) is 68.5 cm³/mol. The summed E-state index contributed by atoms with van der Waals surface area (Å²) in [7, 11) is 1.19. The van der Waals surface area contributed by atoms with Crippen LogP contribution in [0.5, 0.6) is 0 Å². The van der Waals surface area contributed by atoms with Gasteiger partial charge in [-0.15, -0.1) is 0 Å². The van der Waals surface area contributed by atoms with Gasteiger partial charge in [0.05, 0.1) is 7.11 Å². The molecule has 0 aromatic heterocycles. The third-order valence-electron chi connectivity index (χ3n) is 2.73. The second-order valence-electron chi connectivity index (χ2n) is 4.08. The highest BCUT2D eigenvalue weighted by Crippen LogP contribution is 2.11. The molecule has 106 valence electrons. The molecule has 6 heteroatoms. The van der Waals surface area contributed by atoms with Crippen molar-refractivity contribution < 1.29 is 23.5 Å². The molecule has 0 aliphatic carbocycles. The third kappa shape index (κ3) is 4.74. The first-order chi connectivity index (χ1) is 9.58. The standard InChI is InChI=1S/C14H14FNO4/c1-20-14(19)12(16-9-17)3-2-4-13(18)10-5-7-11(15)8-6-10/h5-8,12H,2-4H2,1H3. The van der Waals surface area contributed by atoms with Gasteiger partial charge in [-0.3, -0.25) is 4.79 Å². The van der Waals surface area contributed by atoms with Crippen LogP contribution in [0.3, 0.4) is 0 Å². The van der Waals surface area contributed by atoms with Gasteiger partial charge in [0.2, 0.25) is 6.08 Å². The van der Waals surface area contributed by atoms with E-state index >= 15 is 0 Å². The van der Waals surface area contributed by atoms with Gasteiger partial charge < -0.3 is 4.74 Å². The maximum Gasteiger partial charge on any atom is 0.331 e. The molecule has 0 saturated heterocycles.